The standard InChI is InChI=1S/C53H70N3O7/c1-51(2,3)50(39-26-31-54(32-27-39)28-12-15-48(57)58)63-49-37(18-24-46-52(4,5)42-35-40(61-10)20-22-44(42)55(46)29-13-33-59-8)16-17-38(49)19-25-47-53(6,7)43-36-41(62-11)21-23-45(43)56(47)30-14-34-60-9/h18-27,31-32,35-36,50H,12-17,28-30,33-34H2,1-11H3/q+1/p+1. The van der Waals surface area contributed by atoms with Crippen LogP contribution in [0.25, 0.3) is 0 Å². The molecule has 3 aromatic rings. The minimum Gasteiger partial charge on any atom is -0.497 e. The van der Waals surface area contributed by atoms with Gasteiger partial charge in [-0.15, -0.1) is 0 Å². The van der Waals surface area contributed by atoms with Gasteiger partial charge in [0.2, 0.25) is 5.69 Å². The molecule has 1 N–H and O–H groups in total. The number of carboxylic acid groups (broad SMARTS) is 1. The average molecular weight is 862 g/mol. The summed E-state index contributed by atoms with van der Waals surface area (Å²) in [5.74, 6) is 1.85. The molecule has 0 radical (unpaired) electrons. The SMILES string of the molecule is COCCCN1/C(=C/C=C2\CCC(/C=C/C3=[N+](CCCOC)c4ccc(OC)cc4C3(C)C)=C2OC(c2cc[n+](CCCC(=O)O)cc2)C(C)(C)C)C(C)(C)c2cc(OC)ccc21. The first-order valence-corrected chi connectivity index (χ1v) is 22.5. The van der Waals surface area contributed by atoms with E-state index in [2.05, 4.69) is 135 Å². The molecule has 0 spiro atoms. The Bertz CT molecular complexity index is 2270. The molecule has 0 saturated carbocycles. The molecule has 0 amide bonds. The first-order valence-electron chi connectivity index (χ1n) is 22.5. The highest BCUT2D eigenvalue weighted by Gasteiger charge is 2.45. The first kappa shape index (κ1) is 47.3. The molecule has 2 aliphatic heterocycles. The number of nitrogens with zero attached hydrogens (tertiary/aromatic N) is 3. The molecule has 3 heterocycles. The molecule has 10 nitrogen and oxygen atoms in total. The lowest BCUT2D eigenvalue weighted by molar-refractivity contribution is -0.697. The monoisotopic (exact) mass is 862 g/mol. The summed E-state index contributed by atoms with van der Waals surface area (Å²) in [4.78, 5) is 13.6. The van der Waals surface area contributed by atoms with Crippen LogP contribution in [0.15, 0.2) is 108 Å². The second-order valence-corrected chi connectivity index (χ2v) is 19.1. The number of hydrogen-bond acceptors (Lipinski definition) is 7. The van der Waals surface area contributed by atoms with Crippen LogP contribution in [0.3, 0.4) is 0 Å². The third kappa shape index (κ3) is 10.4. The van der Waals surface area contributed by atoms with Crippen molar-refractivity contribution in [2.24, 2.45) is 5.41 Å². The Morgan fingerprint density at radius 2 is 1.48 bits per heavy atom. The lowest BCUT2D eigenvalue weighted by Crippen LogP contribution is -2.33. The van der Waals surface area contributed by atoms with Gasteiger partial charge < -0.3 is 33.7 Å². The van der Waals surface area contributed by atoms with Crippen LogP contribution in [0.4, 0.5) is 11.4 Å². The Morgan fingerprint density at radius 3 is 2.13 bits per heavy atom. The molecule has 2 aromatic carbocycles. The van der Waals surface area contributed by atoms with Crippen LogP contribution >= 0.6 is 0 Å². The van der Waals surface area contributed by atoms with Crippen molar-refractivity contribution in [3.8, 4) is 11.5 Å². The number of carbonyl (C=O) groups is 1. The molecule has 10 heteroatoms. The lowest BCUT2D eigenvalue weighted by atomic mass is 9.81. The third-order valence-electron chi connectivity index (χ3n) is 12.8. The number of fused-ring (bicyclic) bond motifs is 2. The number of aliphatic carboxylic acids is 1. The van der Waals surface area contributed by atoms with E-state index in [4.69, 9.17) is 23.7 Å². The highest BCUT2D eigenvalue weighted by molar-refractivity contribution is 6.03. The van der Waals surface area contributed by atoms with Gasteiger partial charge in [-0.1, -0.05) is 40.7 Å². The van der Waals surface area contributed by atoms with Crippen molar-refractivity contribution in [3.63, 3.8) is 0 Å². The zero-order valence-electron chi connectivity index (χ0n) is 39.7. The number of benzene rings is 2. The molecule has 3 aliphatic rings. The summed E-state index contributed by atoms with van der Waals surface area (Å²) in [6.45, 7) is 19.5. The molecule has 338 valence electrons. The van der Waals surface area contributed by atoms with Gasteiger partial charge in [-0.2, -0.15) is 4.58 Å². The predicted octanol–water partition coefficient (Wildman–Crippen LogP) is 10.3. The van der Waals surface area contributed by atoms with Crippen molar-refractivity contribution in [1.29, 1.82) is 0 Å². The van der Waals surface area contributed by atoms with Gasteiger partial charge in [-0.3, -0.25) is 4.79 Å². The van der Waals surface area contributed by atoms with E-state index >= 15 is 0 Å². The number of methoxy groups -OCH3 is 4. The van der Waals surface area contributed by atoms with Crippen molar-refractivity contribution < 1.29 is 42.7 Å². The summed E-state index contributed by atoms with van der Waals surface area (Å²) in [7, 11) is 6.97. The quantitative estimate of drug-likeness (QED) is 0.0887. The molecule has 0 fully saturated rings. The van der Waals surface area contributed by atoms with Gasteiger partial charge in [0.1, 0.15) is 29.9 Å². The Hall–Kier alpha value is -5.19. The van der Waals surface area contributed by atoms with Gasteiger partial charge in [0.25, 0.3) is 0 Å². The molecule has 0 saturated heterocycles. The van der Waals surface area contributed by atoms with Gasteiger partial charge in [0.05, 0.1) is 32.7 Å². The van der Waals surface area contributed by atoms with E-state index in [9.17, 15) is 9.90 Å². The van der Waals surface area contributed by atoms with Crippen molar-refractivity contribution in [2.45, 2.75) is 110 Å². The van der Waals surface area contributed by atoms with Gasteiger partial charge >= 0.3 is 5.97 Å². The van der Waals surface area contributed by atoms with Gasteiger partial charge in [-0.25, -0.2) is 4.57 Å². The largest absolute Gasteiger partial charge is 0.497 e. The fraction of sp³-hybridized carbons (Fsp3) is 0.491. The third-order valence-corrected chi connectivity index (χ3v) is 12.8. The summed E-state index contributed by atoms with van der Waals surface area (Å²) in [5, 5.41) is 9.19. The van der Waals surface area contributed by atoms with E-state index in [1.807, 2.05) is 12.4 Å². The molecule has 1 aromatic heterocycles. The Morgan fingerprint density at radius 1 is 0.810 bits per heavy atom. The fourth-order valence-electron chi connectivity index (χ4n) is 9.38. The molecule has 1 unspecified atom stereocenters. The van der Waals surface area contributed by atoms with E-state index in [0.29, 0.717) is 26.2 Å². The fourth-order valence-corrected chi connectivity index (χ4v) is 9.38. The van der Waals surface area contributed by atoms with Gasteiger partial charge in [-0.05, 0) is 92.3 Å². The maximum atomic E-state index is 11.2. The minimum absolute atomic E-state index is 0.141. The second-order valence-electron chi connectivity index (χ2n) is 19.1. The van der Waals surface area contributed by atoms with E-state index in [1.165, 1.54) is 33.9 Å². The normalized spacial score (nSPS) is 18.5. The van der Waals surface area contributed by atoms with Crippen molar-refractivity contribution in [3.05, 3.63) is 125 Å². The number of aromatic nitrogens is 1. The topological polar surface area (TPSA) is 93.6 Å². The summed E-state index contributed by atoms with van der Waals surface area (Å²) >= 11 is 0. The lowest BCUT2D eigenvalue weighted by Gasteiger charge is -2.32. The number of aryl methyl sites for hydroxylation is 1. The van der Waals surface area contributed by atoms with Crippen LogP contribution < -0.4 is 18.9 Å². The van der Waals surface area contributed by atoms with Crippen LogP contribution in [0, 0.1) is 5.41 Å². The maximum absolute atomic E-state index is 11.2. The Kier molecular flexibility index (Phi) is 15.1. The smallest absolute Gasteiger partial charge is 0.303 e. The summed E-state index contributed by atoms with van der Waals surface area (Å²) in [5.41, 5.74) is 9.94. The summed E-state index contributed by atoms with van der Waals surface area (Å²) in [6.07, 6.45) is 17.2. The van der Waals surface area contributed by atoms with Crippen LogP contribution in [-0.2, 0) is 36.4 Å². The van der Waals surface area contributed by atoms with Gasteiger partial charge in [0, 0.05) is 97.8 Å². The van der Waals surface area contributed by atoms with E-state index in [0.717, 1.165) is 72.7 Å². The number of hydrogen-bond donors (Lipinski definition) is 1. The van der Waals surface area contributed by atoms with Crippen LogP contribution in [0.5, 0.6) is 11.5 Å². The van der Waals surface area contributed by atoms with E-state index in [1.54, 1.807) is 28.4 Å². The summed E-state index contributed by atoms with van der Waals surface area (Å²) in [6, 6.07) is 17.1. The van der Waals surface area contributed by atoms with E-state index < -0.39 is 5.97 Å². The molecule has 0 bridgehead atoms. The van der Waals surface area contributed by atoms with Gasteiger partial charge in [0.15, 0.2) is 24.7 Å². The number of rotatable bonds is 20. The van der Waals surface area contributed by atoms with Crippen LogP contribution in [-0.4, -0.2) is 76.1 Å². The predicted molar refractivity (Wildman–Crippen MR) is 251 cm³/mol. The Balaban J connectivity index is 1.46. The highest BCUT2D eigenvalue weighted by atomic mass is 16.5. The zero-order valence-corrected chi connectivity index (χ0v) is 39.7. The molecule has 6 rings (SSSR count). The minimum atomic E-state index is -0.777. The maximum Gasteiger partial charge on any atom is 0.303 e. The second kappa shape index (κ2) is 20.1. The average Bonchev–Trinajstić information content (AvgIpc) is 3.80. The number of pyridine rings is 1. The highest BCUT2D eigenvalue weighted by Crippen LogP contribution is 2.50. The molecule has 1 atom stereocenters. The number of anilines is 1. The van der Waals surface area contributed by atoms with Crippen LogP contribution in [0.1, 0.15) is 110 Å². The Labute approximate surface area is 376 Å². The molecule has 63 heavy (non-hydrogen) atoms. The number of ether oxygens (including phenoxy) is 5. The number of allylic oxidation sites excluding steroid dienone is 7. The van der Waals surface area contributed by atoms with E-state index in [-0.39, 0.29) is 28.8 Å². The summed E-state index contributed by atoms with van der Waals surface area (Å²) < 4.78 is 34.3. The van der Waals surface area contributed by atoms with Crippen molar-refractivity contribution in [2.75, 3.05) is 59.6 Å². The first-order chi connectivity index (χ1) is 30.0. The molecular formula is C53H71N3O7+2. The van der Waals surface area contributed by atoms with Crippen molar-refractivity contribution >= 4 is 23.1 Å². The molecular weight excluding hydrogens is 791 g/mol. The van der Waals surface area contributed by atoms with Crippen LogP contribution in [0.2, 0.25) is 0 Å². The number of carboxylic acids is 1. The van der Waals surface area contributed by atoms with Crippen molar-refractivity contribution in [1.82, 2.24) is 0 Å². The zero-order chi connectivity index (χ0) is 45.5. The molecule has 1 aliphatic carbocycles.